The van der Waals surface area contributed by atoms with Crippen LogP contribution < -0.4 is 5.32 Å². The summed E-state index contributed by atoms with van der Waals surface area (Å²) >= 11 is 0. The summed E-state index contributed by atoms with van der Waals surface area (Å²) < 4.78 is 0. The molecule has 3 rings (SSSR count). The molecule has 0 bridgehead atoms. The number of rotatable bonds is 4. The molecule has 2 N–H and O–H groups in total. The van der Waals surface area contributed by atoms with Crippen molar-refractivity contribution in [3.63, 3.8) is 0 Å². The Morgan fingerprint density at radius 1 is 1.04 bits per heavy atom. The number of aliphatic hydroxyl groups is 1. The third-order valence-electron chi connectivity index (χ3n) is 4.70. The van der Waals surface area contributed by atoms with E-state index in [1.807, 2.05) is 65.6 Å². The molecule has 1 atom stereocenters. The highest BCUT2D eigenvalue weighted by atomic mass is 16.3. The zero-order valence-corrected chi connectivity index (χ0v) is 13.8. The Kier molecular flexibility index (Phi) is 5.49. The lowest BCUT2D eigenvalue weighted by Crippen LogP contribution is -2.44. The van der Waals surface area contributed by atoms with Gasteiger partial charge in [-0.1, -0.05) is 60.7 Å². The van der Waals surface area contributed by atoms with Gasteiger partial charge in [-0.05, 0) is 29.9 Å². The van der Waals surface area contributed by atoms with E-state index in [4.69, 9.17) is 0 Å². The van der Waals surface area contributed by atoms with Crippen LogP contribution in [0.4, 0.5) is 4.79 Å². The number of likely N-dealkylation sites (tertiary alicyclic amines) is 1. The summed E-state index contributed by atoms with van der Waals surface area (Å²) in [4.78, 5) is 14.1. The van der Waals surface area contributed by atoms with Crippen LogP contribution in [-0.2, 0) is 6.54 Å². The number of hydrogen-bond donors (Lipinski definition) is 2. The first-order valence-corrected chi connectivity index (χ1v) is 8.54. The molecule has 1 aliphatic rings. The number of urea groups is 1. The van der Waals surface area contributed by atoms with Crippen molar-refractivity contribution in [1.29, 1.82) is 0 Å². The fourth-order valence-electron chi connectivity index (χ4n) is 3.23. The second-order valence-electron chi connectivity index (χ2n) is 6.32. The van der Waals surface area contributed by atoms with E-state index in [-0.39, 0.29) is 11.9 Å². The molecule has 24 heavy (non-hydrogen) atoms. The number of nitrogens with zero attached hydrogens (tertiary/aromatic N) is 1. The highest BCUT2D eigenvalue weighted by Gasteiger charge is 2.28. The molecule has 1 aliphatic heterocycles. The molecule has 2 aromatic rings. The van der Waals surface area contributed by atoms with E-state index in [2.05, 4.69) is 5.32 Å². The predicted octanol–water partition coefficient (Wildman–Crippen LogP) is 3.34. The van der Waals surface area contributed by atoms with Gasteiger partial charge in [-0.3, -0.25) is 0 Å². The number of carbonyl (C=O) groups excluding carboxylic acids is 1. The summed E-state index contributed by atoms with van der Waals surface area (Å²) in [5.74, 6) is 0.213. The zero-order valence-electron chi connectivity index (χ0n) is 13.8. The molecular formula is C20H24N2O2. The van der Waals surface area contributed by atoms with Crippen molar-refractivity contribution in [2.75, 3.05) is 13.1 Å². The van der Waals surface area contributed by atoms with Crippen molar-refractivity contribution in [1.82, 2.24) is 10.2 Å². The fraction of sp³-hybridized carbons (Fsp3) is 0.350. The van der Waals surface area contributed by atoms with E-state index in [0.29, 0.717) is 19.6 Å². The summed E-state index contributed by atoms with van der Waals surface area (Å²) in [6, 6.07) is 19.7. The Morgan fingerprint density at radius 3 is 2.25 bits per heavy atom. The van der Waals surface area contributed by atoms with Gasteiger partial charge in [0, 0.05) is 19.6 Å². The number of carbonyl (C=O) groups is 1. The van der Waals surface area contributed by atoms with E-state index in [9.17, 15) is 9.90 Å². The molecule has 0 spiro atoms. The van der Waals surface area contributed by atoms with Crippen molar-refractivity contribution in [2.24, 2.45) is 5.92 Å². The van der Waals surface area contributed by atoms with Gasteiger partial charge in [-0.2, -0.15) is 0 Å². The summed E-state index contributed by atoms with van der Waals surface area (Å²) in [7, 11) is 0. The van der Waals surface area contributed by atoms with Gasteiger partial charge in [0.15, 0.2) is 0 Å². The summed E-state index contributed by atoms with van der Waals surface area (Å²) in [5, 5.41) is 13.5. The third-order valence-corrected chi connectivity index (χ3v) is 4.70. The normalized spacial score (nSPS) is 16.6. The first-order chi connectivity index (χ1) is 11.7. The predicted molar refractivity (Wildman–Crippen MR) is 94.4 cm³/mol. The van der Waals surface area contributed by atoms with Crippen LogP contribution in [0.15, 0.2) is 60.7 Å². The minimum absolute atomic E-state index is 0.0218. The molecule has 1 unspecified atom stereocenters. The van der Waals surface area contributed by atoms with E-state index in [0.717, 1.165) is 24.0 Å². The molecule has 0 aromatic heterocycles. The maximum absolute atomic E-state index is 12.3. The van der Waals surface area contributed by atoms with Crippen LogP contribution in [0.25, 0.3) is 0 Å². The van der Waals surface area contributed by atoms with Crippen LogP contribution in [0.5, 0.6) is 0 Å². The lowest BCUT2D eigenvalue weighted by molar-refractivity contribution is 0.0665. The second kappa shape index (κ2) is 7.97. The van der Waals surface area contributed by atoms with Crippen molar-refractivity contribution >= 4 is 6.03 Å². The van der Waals surface area contributed by atoms with Crippen molar-refractivity contribution in [3.05, 3.63) is 71.8 Å². The first-order valence-electron chi connectivity index (χ1n) is 8.54. The summed E-state index contributed by atoms with van der Waals surface area (Å²) in [6.07, 6.45) is 1.21. The molecular weight excluding hydrogens is 300 g/mol. The molecule has 1 fully saturated rings. The number of benzene rings is 2. The summed E-state index contributed by atoms with van der Waals surface area (Å²) in [6.45, 7) is 1.93. The minimum Gasteiger partial charge on any atom is -0.388 e. The zero-order chi connectivity index (χ0) is 16.8. The van der Waals surface area contributed by atoms with Crippen LogP contribution in [0.1, 0.15) is 30.1 Å². The van der Waals surface area contributed by atoms with E-state index >= 15 is 0 Å². The van der Waals surface area contributed by atoms with Gasteiger partial charge in [-0.25, -0.2) is 4.79 Å². The Morgan fingerprint density at radius 2 is 1.62 bits per heavy atom. The molecule has 4 nitrogen and oxygen atoms in total. The number of piperidine rings is 1. The van der Waals surface area contributed by atoms with Crippen molar-refractivity contribution < 1.29 is 9.90 Å². The van der Waals surface area contributed by atoms with Gasteiger partial charge >= 0.3 is 6.03 Å². The standard InChI is InChI=1S/C20H24N2O2/c23-19(17-9-5-2-6-10-17)18-11-13-22(14-12-18)20(24)21-15-16-7-3-1-4-8-16/h1-10,18-19,23H,11-15H2,(H,21,24). The molecule has 0 aliphatic carbocycles. The SMILES string of the molecule is O=C(NCc1ccccc1)N1CCC(C(O)c2ccccc2)CC1. The van der Waals surface area contributed by atoms with Crippen molar-refractivity contribution in [3.8, 4) is 0 Å². The molecule has 1 heterocycles. The van der Waals surface area contributed by atoms with Gasteiger partial charge in [0.1, 0.15) is 0 Å². The van der Waals surface area contributed by atoms with Crippen LogP contribution in [-0.4, -0.2) is 29.1 Å². The lowest BCUT2D eigenvalue weighted by atomic mass is 9.87. The van der Waals surface area contributed by atoms with E-state index in [1.165, 1.54) is 0 Å². The lowest BCUT2D eigenvalue weighted by Gasteiger charge is -2.34. The first kappa shape index (κ1) is 16.5. The molecule has 4 heteroatoms. The largest absolute Gasteiger partial charge is 0.388 e. The summed E-state index contributed by atoms with van der Waals surface area (Å²) in [5.41, 5.74) is 2.06. The maximum atomic E-state index is 12.3. The van der Waals surface area contributed by atoms with Gasteiger partial charge in [0.25, 0.3) is 0 Å². The van der Waals surface area contributed by atoms with Crippen LogP contribution in [0, 0.1) is 5.92 Å². The topological polar surface area (TPSA) is 52.6 Å². The fourth-order valence-corrected chi connectivity index (χ4v) is 3.23. The number of amides is 2. The average molecular weight is 324 g/mol. The number of aliphatic hydroxyl groups excluding tert-OH is 1. The Bertz CT molecular complexity index is 637. The van der Waals surface area contributed by atoms with Gasteiger partial charge in [0.2, 0.25) is 0 Å². The monoisotopic (exact) mass is 324 g/mol. The average Bonchev–Trinajstić information content (AvgIpc) is 2.67. The Labute approximate surface area is 143 Å². The van der Waals surface area contributed by atoms with Gasteiger partial charge in [0.05, 0.1) is 6.10 Å². The van der Waals surface area contributed by atoms with Crippen LogP contribution >= 0.6 is 0 Å². The van der Waals surface area contributed by atoms with Gasteiger partial charge < -0.3 is 15.3 Å². The third kappa shape index (κ3) is 4.15. The van der Waals surface area contributed by atoms with Crippen LogP contribution in [0.2, 0.25) is 0 Å². The molecule has 0 radical (unpaired) electrons. The highest BCUT2D eigenvalue weighted by molar-refractivity contribution is 5.74. The van der Waals surface area contributed by atoms with E-state index in [1.54, 1.807) is 0 Å². The molecule has 2 amide bonds. The van der Waals surface area contributed by atoms with Crippen LogP contribution in [0.3, 0.4) is 0 Å². The molecule has 2 aromatic carbocycles. The number of nitrogens with one attached hydrogen (secondary N) is 1. The van der Waals surface area contributed by atoms with Gasteiger partial charge in [-0.15, -0.1) is 0 Å². The second-order valence-corrected chi connectivity index (χ2v) is 6.32. The highest BCUT2D eigenvalue weighted by Crippen LogP contribution is 2.30. The number of hydrogen-bond acceptors (Lipinski definition) is 2. The molecule has 0 saturated carbocycles. The Hall–Kier alpha value is -2.33. The molecule has 1 saturated heterocycles. The smallest absolute Gasteiger partial charge is 0.317 e. The minimum atomic E-state index is -0.444. The van der Waals surface area contributed by atoms with E-state index < -0.39 is 6.10 Å². The Balaban J connectivity index is 1.47. The van der Waals surface area contributed by atoms with Crippen molar-refractivity contribution in [2.45, 2.75) is 25.5 Å². The molecule has 126 valence electrons. The quantitative estimate of drug-likeness (QED) is 0.906. The maximum Gasteiger partial charge on any atom is 0.317 e.